The summed E-state index contributed by atoms with van der Waals surface area (Å²) in [7, 11) is 0. The summed E-state index contributed by atoms with van der Waals surface area (Å²) in [5, 5.41) is 3.78. The van der Waals surface area contributed by atoms with Crippen LogP contribution in [-0.2, 0) is 12.8 Å². The number of halogens is 2. The van der Waals surface area contributed by atoms with E-state index in [0.717, 1.165) is 37.8 Å². The van der Waals surface area contributed by atoms with Gasteiger partial charge in [0.25, 0.3) is 5.91 Å². The molecule has 1 amide bonds. The number of piperidine rings is 1. The quantitative estimate of drug-likeness (QED) is 0.766. The lowest BCUT2D eigenvalue weighted by molar-refractivity contribution is 0.0666. The predicted octanol–water partition coefficient (Wildman–Crippen LogP) is 4.39. The van der Waals surface area contributed by atoms with Gasteiger partial charge >= 0.3 is 0 Å². The highest BCUT2D eigenvalue weighted by molar-refractivity contribution is 5.94. The second kappa shape index (κ2) is 8.43. The van der Waals surface area contributed by atoms with Crippen LogP contribution in [0, 0.1) is 17.6 Å². The van der Waals surface area contributed by atoms with Gasteiger partial charge in [-0.15, -0.1) is 0 Å². The fourth-order valence-electron chi connectivity index (χ4n) is 3.57. The minimum atomic E-state index is -0.820. The van der Waals surface area contributed by atoms with E-state index >= 15 is 0 Å². The molecule has 1 saturated heterocycles. The van der Waals surface area contributed by atoms with Crippen LogP contribution in [-0.4, -0.2) is 29.1 Å². The van der Waals surface area contributed by atoms with Gasteiger partial charge in [-0.1, -0.05) is 18.1 Å². The molecule has 3 rings (SSSR count). The number of carbonyl (C=O) groups excluding carboxylic acids is 1. The fraction of sp³-hybridized carbons (Fsp3) is 0.500. The Kier molecular flexibility index (Phi) is 6.01. The molecular formula is C20H24F2N2O2. The number of rotatable bonds is 6. The standard InChI is InChI=1S/C20H24F2N2O2/c1-2-4-19-16(12-23-26-19)20(25)24-10-3-5-15(13-24)7-6-14-8-9-17(21)18(22)11-14/h8-9,11-12,15H,2-7,10,13H2,1H3/t15-/m0/s1. The van der Waals surface area contributed by atoms with Gasteiger partial charge in [0.15, 0.2) is 11.6 Å². The first kappa shape index (κ1) is 18.5. The third-order valence-electron chi connectivity index (χ3n) is 4.98. The molecule has 0 spiro atoms. The Bertz CT molecular complexity index is 760. The Balaban J connectivity index is 1.59. The number of nitrogens with zero attached hydrogens (tertiary/aromatic N) is 2. The van der Waals surface area contributed by atoms with E-state index in [2.05, 4.69) is 5.16 Å². The van der Waals surface area contributed by atoms with Crippen LogP contribution in [0.5, 0.6) is 0 Å². The Morgan fingerprint density at radius 1 is 1.31 bits per heavy atom. The van der Waals surface area contributed by atoms with Crippen LogP contribution in [0.4, 0.5) is 8.78 Å². The molecule has 1 aromatic carbocycles. The average Bonchev–Trinajstić information content (AvgIpc) is 3.11. The highest BCUT2D eigenvalue weighted by Gasteiger charge is 2.27. The normalized spacial score (nSPS) is 17.5. The molecule has 0 N–H and O–H groups in total. The molecule has 6 heteroatoms. The molecule has 2 aromatic rings. The van der Waals surface area contributed by atoms with Crippen molar-refractivity contribution in [3.05, 3.63) is 52.9 Å². The average molecular weight is 362 g/mol. The molecule has 1 aliphatic heterocycles. The molecule has 1 atom stereocenters. The van der Waals surface area contributed by atoms with Gasteiger partial charge in [0.2, 0.25) is 0 Å². The summed E-state index contributed by atoms with van der Waals surface area (Å²) in [5.41, 5.74) is 1.35. The zero-order valence-corrected chi connectivity index (χ0v) is 15.0. The van der Waals surface area contributed by atoms with Gasteiger partial charge in [0, 0.05) is 19.5 Å². The largest absolute Gasteiger partial charge is 0.361 e. The van der Waals surface area contributed by atoms with Crippen LogP contribution in [0.1, 0.15) is 54.3 Å². The number of hydrogen-bond donors (Lipinski definition) is 0. The van der Waals surface area contributed by atoms with Crippen LogP contribution in [0.25, 0.3) is 0 Å². The summed E-state index contributed by atoms with van der Waals surface area (Å²) in [6.07, 6.45) is 6.62. The van der Waals surface area contributed by atoms with Crippen molar-refractivity contribution in [2.75, 3.05) is 13.1 Å². The maximum absolute atomic E-state index is 13.3. The SMILES string of the molecule is CCCc1oncc1C(=O)N1CCC[C@@H](CCc2ccc(F)c(F)c2)C1. The van der Waals surface area contributed by atoms with E-state index in [1.54, 1.807) is 6.07 Å². The zero-order valence-electron chi connectivity index (χ0n) is 15.0. The molecule has 0 unspecified atom stereocenters. The van der Waals surface area contributed by atoms with E-state index in [0.29, 0.717) is 36.6 Å². The zero-order chi connectivity index (χ0) is 18.5. The summed E-state index contributed by atoms with van der Waals surface area (Å²) in [6, 6.07) is 4.05. The van der Waals surface area contributed by atoms with Gasteiger partial charge in [-0.3, -0.25) is 4.79 Å². The second-order valence-electron chi connectivity index (χ2n) is 6.96. The molecule has 1 aromatic heterocycles. The molecule has 0 bridgehead atoms. The number of hydrogen-bond acceptors (Lipinski definition) is 3. The van der Waals surface area contributed by atoms with Gasteiger partial charge in [0.05, 0.1) is 6.20 Å². The highest BCUT2D eigenvalue weighted by atomic mass is 19.2. The smallest absolute Gasteiger partial charge is 0.259 e. The Labute approximate surface area is 152 Å². The Morgan fingerprint density at radius 2 is 2.15 bits per heavy atom. The van der Waals surface area contributed by atoms with Gasteiger partial charge in [-0.05, 0) is 55.7 Å². The summed E-state index contributed by atoms with van der Waals surface area (Å²) in [4.78, 5) is 14.7. The number of aromatic nitrogens is 1. The van der Waals surface area contributed by atoms with Crippen molar-refractivity contribution in [1.82, 2.24) is 10.1 Å². The van der Waals surface area contributed by atoms with E-state index in [1.807, 2.05) is 11.8 Å². The van der Waals surface area contributed by atoms with Crippen molar-refractivity contribution in [3.8, 4) is 0 Å². The topological polar surface area (TPSA) is 46.3 Å². The van der Waals surface area contributed by atoms with Gasteiger partial charge in [-0.25, -0.2) is 8.78 Å². The van der Waals surface area contributed by atoms with Crippen LogP contribution >= 0.6 is 0 Å². The monoisotopic (exact) mass is 362 g/mol. The number of aryl methyl sites for hydroxylation is 2. The molecule has 0 aliphatic carbocycles. The maximum atomic E-state index is 13.3. The predicted molar refractivity (Wildman–Crippen MR) is 93.8 cm³/mol. The highest BCUT2D eigenvalue weighted by Crippen LogP contribution is 2.24. The van der Waals surface area contributed by atoms with Crippen molar-refractivity contribution in [3.63, 3.8) is 0 Å². The maximum Gasteiger partial charge on any atom is 0.259 e. The van der Waals surface area contributed by atoms with Crippen molar-refractivity contribution in [1.29, 1.82) is 0 Å². The molecule has 140 valence electrons. The molecule has 1 fully saturated rings. The van der Waals surface area contributed by atoms with Crippen molar-refractivity contribution < 1.29 is 18.1 Å². The summed E-state index contributed by atoms with van der Waals surface area (Å²) in [6.45, 7) is 3.45. The molecule has 26 heavy (non-hydrogen) atoms. The van der Waals surface area contributed by atoms with Crippen molar-refractivity contribution >= 4 is 5.91 Å². The number of benzene rings is 1. The van der Waals surface area contributed by atoms with Gasteiger partial charge < -0.3 is 9.42 Å². The van der Waals surface area contributed by atoms with E-state index < -0.39 is 11.6 Å². The first-order chi connectivity index (χ1) is 12.6. The molecule has 2 heterocycles. The van der Waals surface area contributed by atoms with Crippen molar-refractivity contribution in [2.24, 2.45) is 5.92 Å². The lowest BCUT2D eigenvalue weighted by Gasteiger charge is -2.32. The van der Waals surface area contributed by atoms with E-state index in [4.69, 9.17) is 4.52 Å². The number of likely N-dealkylation sites (tertiary alicyclic amines) is 1. The molecular weight excluding hydrogens is 338 g/mol. The van der Waals surface area contributed by atoms with Crippen LogP contribution < -0.4 is 0 Å². The third kappa shape index (κ3) is 4.29. The fourth-order valence-corrected chi connectivity index (χ4v) is 3.57. The molecule has 0 saturated carbocycles. The van der Waals surface area contributed by atoms with E-state index in [1.165, 1.54) is 18.3 Å². The minimum Gasteiger partial charge on any atom is -0.361 e. The van der Waals surface area contributed by atoms with Crippen LogP contribution in [0.2, 0.25) is 0 Å². The van der Waals surface area contributed by atoms with Crippen LogP contribution in [0.3, 0.4) is 0 Å². The summed E-state index contributed by atoms with van der Waals surface area (Å²) < 4.78 is 31.6. The van der Waals surface area contributed by atoms with Crippen molar-refractivity contribution in [2.45, 2.75) is 45.4 Å². The van der Waals surface area contributed by atoms with Gasteiger partial charge in [0.1, 0.15) is 11.3 Å². The molecule has 4 nitrogen and oxygen atoms in total. The first-order valence-electron chi connectivity index (χ1n) is 9.25. The third-order valence-corrected chi connectivity index (χ3v) is 4.98. The summed E-state index contributed by atoms with van der Waals surface area (Å²) >= 11 is 0. The van der Waals surface area contributed by atoms with Crippen LogP contribution in [0.15, 0.2) is 28.9 Å². The molecule has 1 aliphatic rings. The first-order valence-corrected chi connectivity index (χ1v) is 9.25. The van der Waals surface area contributed by atoms with E-state index in [9.17, 15) is 13.6 Å². The number of carbonyl (C=O) groups is 1. The minimum absolute atomic E-state index is 0.0211. The number of amides is 1. The van der Waals surface area contributed by atoms with Gasteiger partial charge in [-0.2, -0.15) is 0 Å². The molecule has 0 radical (unpaired) electrons. The Morgan fingerprint density at radius 3 is 2.92 bits per heavy atom. The second-order valence-corrected chi connectivity index (χ2v) is 6.96. The van der Waals surface area contributed by atoms with E-state index in [-0.39, 0.29) is 5.91 Å². The Hall–Kier alpha value is -2.24. The lowest BCUT2D eigenvalue weighted by Crippen LogP contribution is -2.40. The summed E-state index contributed by atoms with van der Waals surface area (Å²) in [5.74, 6) is -0.636. The lowest BCUT2D eigenvalue weighted by atomic mass is 9.91.